The molecule has 2 N–H and O–H groups in total. The van der Waals surface area contributed by atoms with E-state index in [1.54, 1.807) is 0 Å². The van der Waals surface area contributed by atoms with Crippen molar-refractivity contribution in [3.63, 3.8) is 0 Å². The van der Waals surface area contributed by atoms with E-state index in [0.29, 0.717) is 25.7 Å². The molecule has 0 saturated carbocycles. The van der Waals surface area contributed by atoms with Crippen LogP contribution in [0.15, 0.2) is 10.6 Å². The molecule has 0 aliphatic carbocycles. The van der Waals surface area contributed by atoms with E-state index in [4.69, 9.17) is 9.84 Å². The second kappa shape index (κ2) is 6.75. The Morgan fingerprint density at radius 3 is 2.83 bits per heavy atom. The summed E-state index contributed by atoms with van der Waals surface area (Å²) in [6.45, 7) is 5.42. The molecule has 7 nitrogen and oxygen atoms in total. The van der Waals surface area contributed by atoms with Crippen molar-refractivity contribution in [3.05, 3.63) is 17.5 Å². The highest BCUT2D eigenvalue weighted by molar-refractivity contribution is 5.94. The number of nitrogens with zero attached hydrogens (tertiary/aromatic N) is 1. The molecule has 0 bridgehead atoms. The molecule has 0 unspecified atom stereocenters. The van der Waals surface area contributed by atoms with Gasteiger partial charge in [-0.15, -0.1) is 0 Å². The van der Waals surface area contributed by atoms with Crippen LogP contribution in [-0.4, -0.2) is 41.9 Å². The van der Waals surface area contributed by atoms with Crippen LogP contribution in [0.5, 0.6) is 0 Å². The van der Waals surface area contributed by atoms with Crippen molar-refractivity contribution in [2.24, 2.45) is 5.92 Å². The van der Waals surface area contributed by atoms with E-state index in [1.165, 1.54) is 0 Å². The normalized spacial score (nSPS) is 10.6. The summed E-state index contributed by atoms with van der Waals surface area (Å²) in [5.41, 5.74) is -0.0590. The highest BCUT2D eigenvalue weighted by atomic mass is 16.5. The van der Waals surface area contributed by atoms with E-state index in [1.807, 2.05) is 13.8 Å². The Morgan fingerprint density at radius 1 is 1.56 bits per heavy atom. The summed E-state index contributed by atoms with van der Waals surface area (Å²) >= 11 is 0. The lowest BCUT2D eigenvalue weighted by molar-refractivity contribution is 0.0651. The topological polar surface area (TPSA) is 102 Å². The minimum Gasteiger partial charge on any atom is -0.475 e. The van der Waals surface area contributed by atoms with Crippen LogP contribution in [-0.2, 0) is 4.74 Å². The Balaban J connectivity index is 2.30. The molecule has 1 heterocycles. The number of hydrogen-bond acceptors (Lipinski definition) is 5. The van der Waals surface area contributed by atoms with Gasteiger partial charge < -0.3 is 19.7 Å². The van der Waals surface area contributed by atoms with E-state index in [9.17, 15) is 9.59 Å². The molecule has 0 fully saturated rings. The van der Waals surface area contributed by atoms with Crippen molar-refractivity contribution < 1.29 is 24.0 Å². The molecule has 0 aromatic carbocycles. The first kappa shape index (κ1) is 14.2. The van der Waals surface area contributed by atoms with Gasteiger partial charge in [0.15, 0.2) is 5.69 Å². The average molecular weight is 256 g/mol. The minimum atomic E-state index is -1.26. The predicted octanol–water partition coefficient (Wildman–Crippen LogP) is 0.775. The SMILES string of the molecule is CC(C)COCCNC(=O)c1cc(C(=O)O)on1. The zero-order valence-electron chi connectivity index (χ0n) is 10.3. The number of carboxylic acid groups (broad SMARTS) is 1. The van der Waals surface area contributed by atoms with Crippen molar-refractivity contribution in [2.45, 2.75) is 13.8 Å². The molecule has 0 spiro atoms. The van der Waals surface area contributed by atoms with Crippen LogP contribution in [0.3, 0.4) is 0 Å². The molecule has 7 heteroatoms. The van der Waals surface area contributed by atoms with Crippen molar-refractivity contribution in [3.8, 4) is 0 Å². The number of rotatable bonds is 7. The number of hydrogen-bond donors (Lipinski definition) is 2. The average Bonchev–Trinajstić information content (AvgIpc) is 2.77. The van der Waals surface area contributed by atoms with Gasteiger partial charge in [0, 0.05) is 19.2 Å². The second-order valence-electron chi connectivity index (χ2n) is 4.11. The Morgan fingerprint density at radius 2 is 2.28 bits per heavy atom. The number of carboxylic acids is 1. The number of aromatic nitrogens is 1. The zero-order valence-corrected chi connectivity index (χ0v) is 10.3. The molecule has 0 atom stereocenters. The molecule has 0 aliphatic rings. The number of ether oxygens (including phenoxy) is 1. The maximum atomic E-state index is 11.5. The number of amides is 1. The number of carbonyl (C=O) groups is 2. The second-order valence-corrected chi connectivity index (χ2v) is 4.11. The first-order valence-electron chi connectivity index (χ1n) is 5.56. The molecule has 18 heavy (non-hydrogen) atoms. The molecular weight excluding hydrogens is 240 g/mol. The molecule has 100 valence electrons. The van der Waals surface area contributed by atoms with Gasteiger partial charge in [0.25, 0.3) is 5.91 Å². The number of nitrogens with one attached hydrogen (secondary N) is 1. The fourth-order valence-corrected chi connectivity index (χ4v) is 1.13. The summed E-state index contributed by atoms with van der Waals surface area (Å²) in [5.74, 6) is -1.67. The first-order valence-corrected chi connectivity index (χ1v) is 5.56. The summed E-state index contributed by atoms with van der Waals surface area (Å²) in [7, 11) is 0. The van der Waals surface area contributed by atoms with Gasteiger partial charge in [-0.1, -0.05) is 19.0 Å². The third-order valence-electron chi connectivity index (χ3n) is 1.94. The summed E-state index contributed by atoms with van der Waals surface area (Å²) in [4.78, 5) is 22.0. The fraction of sp³-hybridized carbons (Fsp3) is 0.545. The van der Waals surface area contributed by atoms with Crippen molar-refractivity contribution >= 4 is 11.9 Å². The summed E-state index contributed by atoms with van der Waals surface area (Å²) in [5, 5.41) is 14.5. The molecule has 0 radical (unpaired) electrons. The predicted molar refractivity (Wildman–Crippen MR) is 61.5 cm³/mol. The van der Waals surface area contributed by atoms with Crippen LogP contribution in [0.2, 0.25) is 0 Å². The molecule has 0 saturated heterocycles. The molecule has 1 rings (SSSR count). The lowest BCUT2D eigenvalue weighted by atomic mass is 10.2. The first-order chi connectivity index (χ1) is 8.50. The largest absolute Gasteiger partial charge is 0.475 e. The van der Waals surface area contributed by atoms with Crippen molar-refractivity contribution in [1.82, 2.24) is 10.5 Å². The van der Waals surface area contributed by atoms with Gasteiger partial charge in [-0.2, -0.15) is 0 Å². The van der Waals surface area contributed by atoms with Crippen LogP contribution >= 0.6 is 0 Å². The third-order valence-corrected chi connectivity index (χ3v) is 1.94. The Hall–Kier alpha value is -1.89. The Kier molecular flexibility index (Phi) is 5.31. The van der Waals surface area contributed by atoms with Gasteiger partial charge in [-0.25, -0.2) is 4.79 Å². The zero-order chi connectivity index (χ0) is 13.5. The van der Waals surface area contributed by atoms with E-state index in [-0.39, 0.29) is 11.5 Å². The van der Waals surface area contributed by atoms with E-state index < -0.39 is 11.9 Å². The van der Waals surface area contributed by atoms with E-state index >= 15 is 0 Å². The highest BCUT2D eigenvalue weighted by Gasteiger charge is 2.15. The minimum absolute atomic E-state index is 0.0590. The van der Waals surface area contributed by atoms with E-state index in [2.05, 4.69) is 15.0 Å². The molecule has 1 aromatic rings. The van der Waals surface area contributed by atoms with E-state index in [0.717, 1.165) is 6.07 Å². The monoisotopic (exact) mass is 256 g/mol. The summed E-state index contributed by atoms with van der Waals surface area (Å²) < 4.78 is 9.74. The van der Waals surface area contributed by atoms with Gasteiger partial charge in [0.2, 0.25) is 5.76 Å². The maximum absolute atomic E-state index is 11.5. The molecule has 0 aliphatic heterocycles. The number of aromatic carboxylic acids is 1. The van der Waals surface area contributed by atoms with Crippen LogP contribution in [0.25, 0.3) is 0 Å². The van der Waals surface area contributed by atoms with Crippen molar-refractivity contribution in [2.75, 3.05) is 19.8 Å². The van der Waals surface area contributed by atoms with Crippen LogP contribution in [0, 0.1) is 5.92 Å². The summed E-state index contributed by atoms with van der Waals surface area (Å²) in [6, 6.07) is 1.08. The Bertz CT molecular complexity index is 413. The standard InChI is InChI=1S/C11H16N2O5/c1-7(2)6-17-4-3-12-10(14)8-5-9(11(15)16)18-13-8/h5,7H,3-4,6H2,1-2H3,(H,12,14)(H,15,16). The number of carbonyl (C=O) groups excluding carboxylic acids is 1. The quantitative estimate of drug-likeness (QED) is 0.699. The smallest absolute Gasteiger partial charge is 0.374 e. The van der Waals surface area contributed by atoms with Gasteiger partial charge in [0.1, 0.15) is 0 Å². The maximum Gasteiger partial charge on any atom is 0.374 e. The molecular formula is C11H16N2O5. The molecule has 1 amide bonds. The summed E-state index contributed by atoms with van der Waals surface area (Å²) in [6.07, 6.45) is 0. The Labute approximate surface area is 104 Å². The van der Waals surface area contributed by atoms with Crippen LogP contribution in [0.4, 0.5) is 0 Å². The van der Waals surface area contributed by atoms with Crippen LogP contribution in [0.1, 0.15) is 34.9 Å². The van der Waals surface area contributed by atoms with Gasteiger partial charge >= 0.3 is 5.97 Å². The van der Waals surface area contributed by atoms with Gasteiger partial charge in [0.05, 0.1) is 6.61 Å². The fourth-order valence-electron chi connectivity index (χ4n) is 1.13. The highest BCUT2D eigenvalue weighted by Crippen LogP contribution is 2.03. The van der Waals surface area contributed by atoms with Crippen LogP contribution < -0.4 is 5.32 Å². The van der Waals surface area contributed by atoms with Crippen molar-refractivity contribution in [1.29, 1.82) is 0 Å². The third kappa shape index (κ3) is 4.54. The van der Waals surface area contributed by atoms with Gasteiger partial charge in [-0.05, 0) is 5.92 Å². The molecule has 1 aromatic heterocycles. The lowest BCUT2D eigenvalue weighted by Gasteiger charge is -2.06. The van der Waals surface area contributed by atoms with Gasteiger partial charge in [-0.3, -0.25) is 4.79 Å². The lowest BCUT2D eigenvalue weighted by Crippen LogP contribution is -2.27.